The molecule has 2 heterocycles. The summed E-state index contributed by atoms with van der Waals surface area (Å²) in [6.07, 6.45) is 3.90. The molecule has 3 amide bonds. The van der Waals surface area contributed by atoms with E-state index >= 15 is 0 Å². The molecule has 0 spiro atoms. The molecule has 2 aliphatic rings. The summed E-state index contributed by atoms with van der Waals surface area (Å²) in [5.41, 5.74) is 4.77. The number of hydrogen-bond acceptors (Lipinski definition) is 4. The average Bonchev–Trinajstić information content (AvgIpc) is 3.03. The van der Waals surface area contributed by atoms with Gasteiger partial charge in [-0.25, -0.2) is 4.79 Å². The van der Waals surface area contributed by atoms with Crippen molar-refractivity contribution in [3.05, 3.63) is 68.8 Å². The van der Waals surface area contributed by atoms with Crippen LogP contribution in [0.5, 0.6) is 5.75 Å². The fraction of sp³-hybridized carbons (Fsp3) is 0.308. The lowest BCUT2D eigenvalue weighted by Crippen LogP contribution is -2.44. The standard InChI is InChI=1S/C26H27Cl2N3O3/c1-6-31-22-12-23(34-5)17(10-18(22)15(2)13-26(31,3)4)11-21-24(32)30(25(33)29-21)14-16-7-8-19(27)20(28)9-16/h7-13H,6,14H2,1-5H3,(H,29,33)/b21-11+. The van der Waals surface area contributed by atoms with Crippen molar-refractivity contribution < 1.29 is 14.3 Å². The van der Waals surface area contributed by atoms with Gasteiger partial charge in [-0.15, -0.1) is 0 Å². The van der Waals surface area contributed by atoms with E-state index in [1.54, 1.807) is 31.4 Å². The predicted octanol–water partition coefficient (Wildman–Crippen LogP) is 6.12. The number of halogens is 2. The molecule has 0 aromatic heterocycles. The minimum atomic E-state index is -0.491. The molecule has 0 radical (unpaired) electrons. The number of carbonyl (C=O) groups excluding carboxylic acids is 2. The summed E-state index contributed by atoms with van der Waals surface area (Å²) in [7, 11) is 1.60. The molecule has 0 unspecified atom stereocenters. The van der Waals surface area contributed by atoms with Crippen LogP contribution in [0.15, 0.2) is 42.1 Å². The second kappa shape index (κ2) is 9.01. The molecule has 2 aromatic carbocycles. The van der Waals surface area contributed by atoms with Crippen LogP contribution >= 0.6 is 23.2 Å². The number of fused-ring (bicyclic) bond motifs is 1. The Balaban J connectivity index is 1.69. The maximum absolute atomic E-state index is 13.1. The quantitative estimate of drug-likeness (QED) is 0.397. The number of imide groups is 1. The molecule has 34 heavy (non-hydrogen) atoms. The van der Waals surface area contributed by atoms with E-state index in [0.717, 1.165) is 28.3 Å². The second-order valence-corrected chi connectivity index (χ2v) is 9.78. The monoisotopic (exact) mass is 499 g/mol. The highest BCUT2D eigenvalue weighted by Gasteiger charge is 2.35. The molecular formula is C26H27Cl2N3O3. The zero-order valence-corrected chi connectivity index (χ0v) is 21.3. The van der Waals surface area contributed by atoms with Gasteiger partial charge in [-0.05, 0) is 63.1 Å². The Morgan fingerprint density at radius 3 is 2.50 bits per heavy atom. The van der Waals surface area contributed by atoms with Crippen LogP contribution in [0.1, 0.15) is 44.4 Å². The van der Waals surface area contributed by atoms with Gasteiger partial charge in [0, 0.05) is 29.4 Å². The first-order chi connectivity index (χ1) is 16.1. The van der Waals surface area contributed by atoms with Crippen LogP contribution in [-0.4, -0.2) is 36.0 Å². The summed E-state index contributed by atoms with van der Waals surface area (Å²) in [6, 6.07) is 8.54. The molecule has 2 aromatic rings. The smallest absolute Gasteiger partial charge is 0.329 e. The third-order valence-electron chi connectivity index (χ3n) is 6.23. The summed E-state index contributed by atoms with van der Waals surface area (Å²) in [5.74, 6) is 0.208. The number of amides is 3. The van der Waals surface area contributed by atoms with E-state index in [1.807, 2.05) is 12.1 Å². The zero-order valence-electron chi connectivity index (χ0n) is 19.8. The van der Waals surface area contributed by atoms with Gasteiger partial charge in [-0.1, -0.05) is 35.3 Å². The molecule has 0 atom stereocenters. The topological polar surface area (TPSA) is 61.9 Å². The molecule has 2 aliphatic heterocycles. The highest BCUT2D eigenvalue weighted by molar-refractivity contribution is 6.42. The molecule has 1 N–H and O–H groups in total. The Kier molecular flexibility index (Phi) is 6.40. The van der Waals surface area contributed by atoms with Crippen LogP contribution in [0.25, 0.3) is 11.6 Å². The highest BCUT2D eigenvalue weighted by atomic mass is 35.5. The second-order valence-electron chi connectivity index (χ2n) is 8.96. The number of rotatable bonds is 5. The molecule has 4 rings (SSSR count). The van der Waals surface area contributed by atoms with E-state index in [1.165, 1.54) is 0 Å². The van der Waals surface area contributed by atoms with Gasteiger partial charge < -0.3 is 15.0 Å². The first kappa shape index (κ1) is 24.2. The molecule has 6 nitrogen and oxygen atoms in total. The average molecular weight is 500 g/mol. The Labute approximate surface area is 209 Å². The molecule has 0 saturated carbocycles. The van der Waals surface area contributed by atoms with Crippen LogP contribution in [0, 0.1) is 0 Å². The lowest BCUT2D eigenvalue weighted by atomic mass is 9.87. The number of anilines is 1. The Hall–Kier alpha value is -2.96. The van der Waals surface area contributed by atoms with E-state index < -0.39 is 11.9 Å². The maximum atomic E-state index is 13.1. The molecule has 178 valence electrons. The summed E-state index contributed by atoms with van der Waals surface area (Å²) < 4.78 is 5.67. The van der Waals surface area contributed by atoms with Crippen molar-refractivity contribution in [3.63, 3.8) is 0 Å². The maximum Gasteiger partial charge on any atom is 0.329 e. The zero-order chi connectivity index (χ0) is 24.8. The Morgan fingerprint density at radius 2 is 1.85 bits per heavy atom. The highest BCUT2D eigenvalue weighted by Crippen LogP contribution is 2.42. The third-order valence-corrected chi connectivity index (χ3v) is 6.97. The minimum Gasteiger partial charge on any atom is -0.496 e. The molecule has 8 heteroatoms. The van der Waals surface area contributed by atoms with E-state index in [9.17, 15) is 9.59 Å². The largest absolute Gasteiger partial charge is 0.496 e. The van der Waals surface area contributed by atoms with Gasteiger partial charge in [0.15, 0.2) is 0 Å². The Bertz CT molecular complexity index is 1250. The number of carbonyl (C=O) groups is 2. The fourth-order valence-electron chi connectivity index (χ4n) is 4.68. The van der Waals surface area contributed by atoms with E-state index in [-0.39, 0.29) is 17.8 Å². The number of nitrogens with one attached hydrogen (secondary N) is 1. The lowest BCUT2D eigenvalue weighted by Gasteiger charge is -2.43. The van der Waals surface area contributed by atoms with Crippen LogP contribution in [0.4, 0.5) is 10.5 Å². The third kappa shape index (κ3) is 4.28. The van der Waals surface area contributed by atoms with E-state index in [2.05, 4.69) is 44.0 Å². The van der Waals surface area contributed by atoms with Gasteiger partial charge >= 0.3 is 6.03 Å². The molecule has 1 fully saturated rings. The number of hydrogen-bond donors (Lipinski definition) is 1. The summed E-state index contributed by atoms with van der Waals surface area (Å²) in [6.45, 7) is 9.49. The molecule has 0 bridgehead atoms. The van der Waals surface area contributed by atoms with Crippen LogP contribution in [0.2, 0.25) is 10.0 Å². The van der Waals surface area contributed by atoms with E-state index in [0.29, 0.717) is 26.9 Å². The number of likely N-dealkylation sites (N-methyl/N-ethyl adjacent to an activating group) is 1. The first-order valence-corrected chi connectivity index (χ1v) is 11.8. The number of methoxy groups -OCH3 is 1. The van der Waals surface area contributed by atoms with Gasteiger partial charge in [0.2, 0.25) is 0 Å². The number of nitrogens with zero attached hydrogens (tertiary/aromatic N) is 2. The van der Waals surface area contributed by atoms with Crippen molar-refractivity contribution in [2.24, 2.45) is 0 Å². The van der Waals surface area contributed by atoms with Crippen LogP contribution < -0.4 is 15.0 Å². The predicted molar refractivity (Wildman–Crippen MR) is 137 cm³/mol. The van der Waals surface area contributed by atoms with Gasteiger partial charge in [0.05, 0.1) is 29.2 Å². The summed E-state index contributed by atoms with van der Waals surface area (Å²) in [4.78, 5) is 29.1. The van der Waals surface area contributed by atoms with Crippen molar-refractivity contribution in [1.82, 2.24) is 10.2 Å². The van der Waals surface area contributed by atoms with E-state index in [4.69, 9.17) is 27.9 Å². The Morgan fingerprint density at radius 1 is 1.12 bits per heavy atom. The van der Waals surface area contributed by atoms with Crippen molar-refractivity contribution in [2.75, 3.05) is 18.6 Å². The van der Waals surface area contributed by atoms with Crippen molar-refractivity contribution in [3.8, 4) is 5.75 Å². The van der Waals surface area contributed by atoms with Crippen LogP contribution in [0.3, 0.4) is 0 Å². The number of allylic oxidation sites excluding steroid dienone is 1. The minimum absolute atomic E-state index is 0.0859. The lowest BCUT2D eigenvalue weighted by molar-refractivity contribution is -0.123. The van der Waals surface area contributed by atoms with Gasteiger partial charge in [-0.3, -0.25) is 9.69 Å². The number of benzene rings is 2. The van der Waals surface area contributed by atoms with Gasteiger partial charge in [0.25, 0.3) is 5.91 Å². The van der Waals surface area contributed by atoms with Crippen molar-refractivity contribution in [2.45, 2.75) is 39.8 Å². The van der Waals surface area contributed by atoms with Crippen molar-refractivity contribution in [1.29, 1.82) is 0 Å². The SMILES string of the molecule is CCN1c2cc(OC)c(/C=C3/NC(=O)N(Cc4ccc(Cl)c(Cl)c4)C3=O)cc2C(C)=CC1(C)C. The fourth-order valence-corrected chi connectivity index (χ4v) is 5.00. The number of urea groups is 1. The molecular weight excluding hydrogens is 473 g/mol. The summed E-state index contributed by atoms with van der Waals surface area (Å²) >= 11 is 12.1. The first-order valence-electron chi connectivity index (χ1n) is 11.0. The molecule has 1 saturated heterocycles. The van der Waals surface area contributed by atoms with Crippen LogP contribution in [-0.2, 0) is 11.3 Å². The molecule has 0 aliphatic carbocycles. The normalized spacial score (nSPS) is 18.2. The van der Waals surface area contributed by atoms with Gasteiger partial charge in [-0.2, -0.15) is 0 Å². The van der Waals surface area contributed by atoms with Gasteiger partial charge in [0.1, 0.15) is 11.4 Å². The summed E-state index contributed by atoms with van der Waals surface area (Å²) in [5, 5.41) is 3.47. The number of ether oxygens (including phenoxy) is 1. The van der Waals surface area contributed by atoms with Crippen molar-refractivity contribution >= 4 is 52.5 Å².